The third-order valence-electron chi connectivity index (χ3n) is 6.58. The van der Waals surface area contributed by atoms with Crippen molar-refractivity contribution >= 4 is 23.1 Å². The Kier molecular flexibility index (Phi) is 6.30. The molecule has 5 rings (SSSR count). The first kappa shape index (κ1) is 22.8. The highest BCUT2D eigenvalue weighted by atomic mass is 35.5. The maximum absolute atomic E-state index is 14.0. The molecule has 5 nitrogen and oxygen atoms in total. The molecular formula is C27H26ClFN2O3. The van der Waals surface area contributed by atoms with Gasteiger partial charge in [0.1, 0.15) is 18.2 Å². The largest absolute Gasteiger partial charge is 0.491 e. The van der Waals surface area contributed by atoms with Crippen LogP contribution in [0, 0.1) is 5.82 Å². The van der Waals surface area contributed by atoms with Gasteiger partial charge in [0.05, 0.1) is 18.1 Å². The van der Waals surface area contributed by atoms with E-state index in [1.165, 1.54) is 12.1 Å². The molecule has 1 fully saturated rings. The van der Waals surface area contributed by atoms with Crippen LogP contribution in [0.3, 0.4) is 0 Å². The Bertz CT molecular complexity index is 1190. The fourth-order valence-corrected chi connectivity index (χ4v) is 5.24. The van der Waals surface area contributed by atoms with E-state index < -0.39 is 11.5 Å². The molecule has 2 aliphatic rings. The van der Waals surface area contributed by atoms with Crippen molar-refractivity contribution in [2.45, 2.75) is 18.0 Å². The standard InChI is InChI=1S/C27H26ClFN2O3/c1-33-12-13-34-21-9-6-18(7-10-21)25-26(32)22-11-8-20(29)14-24(22)30-27(25)16-31(17-27)15-19-4-2-3-5-23(19)28/h2-11,14,25,30H,12-13,15-17H2,1H3. The fourth-order valence-electron chi connectivity index (χ4n) is 5.04. The summed E-state index contributed by atoms with van der Waals surface area (Å²) in [6.07, 6.45) is 0. The number of rotatable bonds is 7. The summed E-state index contributed by atoms with van der Waals surface area (Å²) in [5.41, 5.74) is 2.49. The maximum atomic E-state index is 14.0. The van der Waals surface area contributed by atoms with Gasteiger partial charge in [-0.2, -0.15) is 0 Å². The topological polar surface area (TPSA) is 50.8 Å². The van der Waals surface area contributed by atoms with Gasteiger partial charge in [-0.15, -0.1) is 0 Å². The van der Waals surface area contributed by atoms with E-state index in [-0.39, 0.29) is 11.6 Å². The summed E-state index contributed by atoms with van der Waals surface area (Å²) in [4.78, 5) is 16.0. The molecule has 2 heterocycles. The normalized spacial score (nSPS) is 18.8. The number of hydrogen-bond acceptors (Lipinski definition) is 5. The minimum absolute atomic E-state index is 0.000745. The molecule has 0 bridgehead atoms. The van der Waals surface area contributed by atoms with Gasteiger partial charge in [-0.05, 0) is 47.5 Å². The highest BCUT2D eigenvalue weighted by molar-refractivity contribution is 6.31. The highest BCUT2D eigenvalue weighted by Crippen LogP contribution is 2.46. The van der Waals surface area contributed by atoms with Gasteiger partial charge in [-0.3, -0.25) is 9.69 Å². The van der Waals surface area contributed by atoms with Gasteiger partial charge in [0.15, 0.2) is 5.78 Å². The first-order chi connectivity index (χ1) is 16.5. The lowest BCUT2D eigenvalue weighted by molar-refractivity contribution is 0.0482. The Balaban J connectivity index is 1.43. The average molecular weight is 481 g/mol. The van der Waals surface area contributed by atoms with Crippen molar-refractivity contribution < 1.29 is 18.7 Å². The molecule has 3 aromatic rings. The van der Waals surface area contributed by atoms with Crippen molar-refractivity contribution in [3.05, 3.63) is 94.3 Å². The third kappa shape index (κ3) is 4.29. The van der Waals surface area contributed by atoms with Gasteiger partial charge in [0, 0.05) is 43.0 Å². The van der Waals surface area contributed by atoms with Gasteiger partial charge in [-0.1, -0.05) is 41.9 Å². The average Bonchev–Trinajstić information content (AvgIpc) is 2.80. The molecule has 0 aliphatic carbocycles. The van der Waals surface area contributed by atoms with Crippen molar-refractivity contribution in [3.8, 4) is 5.75 Å². The van der Waals surface area contributed by atoms with E-state index in [0.29, 0.717) is 44.1 Å². The first-order valence-corrected chi connectivity index (χ1v) is 11.7. The molecule has 1 atom stereocenters. The molecule has 7 heteroatoms. The third-order valence-corrected chi connectivity index (χ3v) is 6.95. The number of halogens is 2. The lowest BCUT2D eigenvalue weighted by atomic mass is 9.67. The van der Waals surface area contributed by atoms with E-state index in [4.69, 9.17) is 21.1 Å². The van der Waals surface area contributed by atoms with Crippen molar-refractivity contribution in [2.24, 2.45) is 0 Å². The maximum Gasteiger partial charge on any atom is 0.174 e. The van der Waals surface area contributed by atoms with Crippen LogP contribution in [0.1, 0.15) is 27.4 Å². The number of fused-ring (bicyclic) bond motifs is 1. The predicted molar refractivity (Wildman–Crippen MR) is 130 cm³/mol. The molecule has 34 heavy (non-hydrogen) atoms. The van der Waals surface area contributed by atoms with Gasteiger partial charge >= 0.3 is 0 Å². The number of nitrogens with one attached hydrogen (secondary N) is 1. The molecule has 0 aromatic heterocycles. The molecule has 3 aromatic carbocycles. The number of nitrogens with zero attached hydrogens (tertiary/aromatic N) is 1. The van der Waals surface area contributed by atoms with Crippen LogP contribution >= 0.6 is 11.6 Å². The van der Waals surface area contributed by atoms with Gasteiger partial charge < -0.3 is 14.8 Å². The second-order valence-corrected chi connectivity index (χ2v) is 9.32. The van der Waals surface area contributed by atoms with Crippen LogP contribution < -0.4 is 10.1 Å². The van der Waals surface area contributed by atoms with Gasteiger partial charge in [0.2, 0.25) is 0 Å². The Morgan fingerprint density at radius 3 is 2.59 bits per heavy atom. The minimum atomic E-state index is -0.530. The van der Waals surface area contributed by atoms with Crippen molar-refractivity contribution in [1.29, 1.82) is 0 Å². The van der Waals surface area contributed by atoms with Crippen molar-refractivity contribution in [3.63, 3.8) is 0 Å². The SMILES string of the molecule is COCCOc1ccc(C2C(=O)c3ccc(F)cc3NC23CN(Cc2ccccc2Cl)C3)cc1. The van der Waals surface area contributed by atoms with E-state index in [9.17, 15) is 9.18 Å². The molecule has 0 saturated carbocycles. The minimum Gasteiger partial charge on any atom is -0.491 e. The summed E-state index contributed by atoms with van der Waals surface area (Å²) in [7, 11) is 1.63. The molecule has 176 valence electrons. The molecule has 0 radical (unpaired) electrons. The number of carbonyl (C=O) groups excluding carboxylic acids is 1. The van der Waals surface area contributed by atoms with Gasteiger partial charge in [-0.25, -0.2) is 4.39 Å². The summed E-state index contributed by atoms with van der Waals surface area (Å²) in [6, 6.07) is 19.7. The van der Waals surface area contributed by atoms with Crippen molar-refractivity contribution in [1.82, 2.24) is 4.90 Å². The quantitative estimate of drug-likeness (QED) is 0.474. The lowest BCUT2D eigenvalue weighted by Crippen LogP contribution is -2.70. The summed E-state index contributed by atoms with van der Waals surface area (Å²) < 4.78 is 24.7. The van der Waals surface area contributed by atoms with Crippen LogP contribution in [0.5, 0.6) is 5.75 Å². The summed E-state index contributed by atoms with van der Waals surface area (Å²) in [5.74, 6) is -0.0415. The molecule has 1 spiro atoms. The second kappa shape index (κ2) is 9.37. The van der Waals surface area contributed by atoms with Gasteiger partial charge in [0.25, 0.3) is 0 Å². The van der Waals surface area contributed by atoms with Crippen LogP contribution in [0.15, 0.2) is 66.7 Å². The van der Waals surface area contributed by atoms with E-state index in [2.05, 4.69) is 10.2 Å². The zero-order chi connectivity index (χ0) is 23.7. The predicted octanol–water partition coefficient (Wildman–Crippen LogP) is 5.15. The number of ketones is 1. The number of likely N-dealkylation sites (tertiary alicyclic amines) is 1. The number of benzene rings is 3. The van der Waals surface area contributed by atoms with Crippen LogP contribution in [-0.4, -0.2) is 49.6 Å². The summed E-state index contributed by atoms with van der Waals surface area (Å²) in [6.45, 7) is 2.92. The smallest absolute Gasteiger partial charge is 0.174 e. The molecule has 1 saturated heterocycles. The summed E-state index contributed by atoms with van der Waals surface area (Å²) in [5, 5.41) is 4.26. The Labute approximate surface area is 203 Å². The fraction of sp³-hybridized carbons (Fsp3) is 0.296. The number of ether oxygens (including phenoxy) is 2. The van der Waals surface area contributed by atoms with Crippen LogP contribution in [0.2, 0.25) is 5.02 Å². The molecule has 2 aliphatic heterocycles. The van der Waals surface area contributed by atoms with E-state index in [1.54, 1.807) is 13.2 Å². The second-order valence-electron chi connectivity index (χ2n) is 8.92. The van der Waals surface area contributed by atoms with Crippen LogP contribution in [-0.2, 0) is 11.3 Å². The first-order valence-electron chi connectivity index (χ1n) is 11.3. The molecule has 1 N–H and O–H groups in total. The molecular weight excluding hydrogens is 455 g/mol. The number of methoxy groups -OCH3 is 1. The van der Waals surface area contributed by atoms with E-state index in [0.717, 1.165) is 21.9 Å². The number of anilines is 1. The Morgan fingerprint density at radius 2 is 1.85 bits per heavy atom. The van der Waals surface area contributed by atoms with E-state index in [1.807, 2.05) is 48.5 Å². The molecule has 1 unspecified atom stereocenters. The zero-order valence-corrected chi connectivity index (χ0v) is 19.6. The number of Topliss-reactive ketones (excluding diaryl/α,β-unsaturated/α-hetero) is 1. The Morgan fingerprint density at radius 1 is 1.09 bits per heavy atom. The number of hydrogen-bond donors (Lipinski definition) is 1. The zero-order valence-electron chi connectivity index (χ0n) is 18.9. The Hall–Kier alpha value is -2.93. The van der Waals surface area contributed by atoms with Crippen LogP contribution in [0.4, 0.5) is 10.1 Å². The van der Waals surface area contributed by atoms with Crippen molar-refractivity contribution in [2.75, 3.05) is 38.7 Å². The number of carbonyl (C=O) groups is 1. The summed E-state index contributed by atoms with van der Waals surface area (Å²) >= 11 is 6.36. The van der Waals surface area contributed by atoms with Crippen LogP contribution in [0.25, 0.3) is 0 Å². The molecule has 0 amide bonds. The lowest BCUT2D eigenvalue weighted by Gasteiger charge is -2.56. The monoisotopic (exact) mass is 480 g/mol. The highest BCUT2D eigenvalue weighted by Gasteiger charge is 2.55. The van der Waals surface area contributed by atoms with E-state index >= 15 is 0 Å².